The Morgan fingerprint density at radius 2 is 1.93 bits per heavy atom. The maximum absolute atomic E-state index is 15.1. The summed E-state index contributed by atoms with van der Waals surface area (Å²) in [6, 6.07) is 11.9. The molecule has 12 heteroatoms. The molecule has 1 saturated carbocycles. The lowest BCUT2D eigenvalue weighted by Crippen LogP contribution is -2.21. The number of anilines is 1. The van der Waals surface area contributed by atoms with E-state index in [4.69, 9.17) is 27.2 Å². The molecule has 0 radical (unpaired) electrons. The van der Waals surface area contributed by atoms with E-state index in [2.05, 4.69) is 9.97 Å². The van der Waals surface area contributed by atoms with Crippen LogP contribution in [0.15, 0.2) is 65.0 Å². The second kappa shape index (κ2) is 9.64. The Balaban J connectivity index is 1.44. The van der Waals surface area contributed by atoms with Gasteiger partial charge in [-0.15, -0.1) is 11.3 Å². The Kier molecular flexibility index (Phi) is 6.02. The number of halogens is 3. The van der Waals surface area contributed by atoms with Crippen molar-refractivity contribution >= 4 is 44.6 Å². The molecule has 0 unspecified atom stereocenters. The van der Waals surface area contributed by atoms with Crippen LogP contribution in [0.5, 0.6) is 5.75 Å². The number of pyridine rings is 1. The highest BCUT2D eigenvalue weighted by molar-refractivity contribution is 7.16. The molecule has 1 aliphatic carbocycles. The van der Waals surface area contributed by atoms with Crippen molar-refractivity contribution in [3.8, 4) is 28.1 Å². The molecule has 1 aliphatic rings. The van der Waals surface area contributed by atoms with Gasteiger partial charge in [0.2, 0.25) is 0 Å². The van der Waals surface area contributed by atoms with Crippen molar-refractivity contribution in [2.75, 3.05) is 5.73 Å². The molecule has 0 saturated heterocycles. The fourth-order valence-electron chi connectivity index (χ4n) is 5.03. The van der Waals surface area contributed by atoms with Crippen molar-refractivity contribution in [3.05, 3.63) is 92.9 Å². The van der Waals surface area contributed by atoms with Crippen molar-refractivity contribution in [1.82, 2.24) is 24.1 Å². The number of nitrogens with two attached hydrogens (primary N) is 1. The van der Waals surface area contributed by atoms with Crippen LogP contribution in [0, 0.1) is 11.6 Å². The summed E-state index contributed by atoms with van der Waals surface area (Å²) < 4.78 is 38.8. The Labute approximate surface area is 240 Å². The second-order valence-electron chi connectivity index (χ2n) is 9.88. The highest BCUT2D eigenvalue weighted by Gasteiger charge is 2.28. The summed E-state index contributed by atoms with van der Waals surface area (Å²) in [5.41, 5.74) is 7.82. The molecule has 206 valence electrons. The summed E-state index contributed by atoms with van der Waals surface area (Å²) in [6.45, 7) is 1.83. The summed E-state index contributed by atoms with van der Waals surface area (Å²) in [6.07, 6.45) is 3.17. The number of benzene rings is 2. The van der Waals surface area contributed by atoms with Gasteiger partial charge in [0.15, 0.2) is 17.2 Å². The molecule has 2 aromatic carbocycles. The first-order valence-corrected chi connectivity index (χ1v) is 14.1. The van der Waals surface area contributed by atoms with Crippen LogP contribution in [-0.4, -0.2) is 30.3 Å². The number of hydrogen-bond donors (Lipinski definition) is 1. The first-order chi connectivity index (χ1) is 19.8. The van der Waals surface area contributed by atoms with E-state index in [0.29, 0.717) is 32.7 Å². The minimum Gasteiger partial charge on any atom is -0.487 e. The van der Waals surface area contributed by atoms with Crippen molar-refractivity contribution in [2.45, 2.75) is 31.9 Å². The van der Waals surface area contributed by atoms with Crippen LogP contribution in [-0.2, 0) is 0 Å². The van der Waals surface area contributed by atoms with Crippen LogP contribution in [0.3, 0.4) is 0 Å². The first-order valence-electron chi connectivity index (χ1n) is 12.8. The minimum absolute atomic E-state index is 0.0450. The molecule has 8 nitrogen and oxygen atoms in total. The number of ether oxygens (including phenoxy) is 1. The summed E-state index contributed by atoms with van der Waals surface area (Å²) in [4.78, 5) is 23.0. The predicted octanol–water partition coefficient (Wildman–Crippen LogP) is 6.50. The van der Waals surface area contributed by atoms with Crippen LogP contribution in [0.2, 0.25) is 5.15 Å². The SMILES string of the molecule is C[C@@H](c1cc2scc(Cl)n2c(=O)c1-c1ccccc1F)n1nc(-c2ccc(OC3CC3)c(F)c2)c2c(N)ncnc21. The zero-order valence-electron chi connectivity index (χ0n) is 21.5. The normalized spacial score (nSPS) is 14.1. The van der Waals surface area contributed by atoms with Gasteiger partial charge in [0, 0.05) is 16.5 Å². The van der Waals surface area contributed by atoms with E-state index >= 15 is 8.78 Å². The number of rotatable bonds is 6. The quantitative estimate of drug-likeness (QED) is 0.238. The van der Waals surface area contributed by atoms with E-state index in [1.807, 2.05) is 6.92 Å². The van der Waals surface area contributed by atoms with Crippen LogP contribution in [0.25, 0.3) is 38.2 Å². The topological polar surface area (TPSA) is 100 Å². The first kappa shape index (κ1) is 25.6. The van der Waals surface area contributed by atoms with E-state index < -0.39 is 23.2 Å². The fraction of sp³-hybridized carbons (Fsp3) is 0.172. The van der Waals surface area contributed by atoms with Crippen molar-refractivity contribution in [3.63, 3.8) is 0 Å². The molecule has 0 amide bonds. The number of hydrogen-bond acceptors (Lipinski definition) is 7. The maximum Gasteiger partial charge on any atom is 0.265 e. The molecular formula is C29H21ClF2N6O2S. The second-order valence-corrected chi connectivity index (χ2v) is 11.2. The molecule has 1 fully saturated rings. The number of fused-ring (bicyclic) bond motifs is 2. The third-order valence-electron chi connectivity index (χ3n) is 7.20. The largest absolute Gasteiger partial charge is 0.487 e. The number of nitrogen functional groups attached to an aromatic ring is 1. The van der Waals surface area contributed by atoms with Gasteiger partial charge in [-0.1, -0.05) is 29.8 Å². The van der Waals surface area contributed by atoms with E-state index in [9.17, 15) is 4.79 Å². The molecule has 4 heterocycles. The Morgan fingerprint density at radius 3 is 2.68 bits per heavy atom. The van der Waals surface area contributed by atoms with Gasteiger partial charge in [-0.2, -0.15) is 5.10 Å². The molecule has 1 atom stereocenters. The van der Waals surface area contributed by atoms with E-state index in [1.165, 1.54) is 34.2 Å². The van der Waals surface area contributed by atoms with Gasteiger partial charge in [-0.3, -0.25) is 9.20 Å². The number of aromatic nitrogens is 5. The Bertz CT molecular complexity index is 2050. The monoisotopic (exact) mass is 590 g/mol. The number of thiazole rings is 1. The van der Waals surface area contributed by atoms with Crippen molar-refractivity contribution in [2.24, 2.45) is 0 Å². The lowest BCUT2D eigenvalue weighted by atomic mass is 9.97. The van der Waals surface area contributed by atoms with Gasteiger partial charge in [0.05, 0.1) is 23.1 Å². The van der Waals surface area contributed by atoms with Crippen LogP contribution >= 0.6 is 22.9 Å². The molecule has 6 aromatic rings. The zero-order chi connectivity index (χ0) is 28.4. The molecule has 4 aromatic heterocycles. The number of nitrogens with zero attached hydrogens (tertiary/aromatic N) is 5. The van der Waals surface area contributed by atoms with E-state index in [0.717, 1.165) is 12.8 Å². The van der Waals surface area contributed by atoms with Gasteiger partial charge in [-0.05, 0) is 55.7 Å². The lowest BCUT2D eigenvalue weighted by Gasteiger charge is -2.18. The summed E-state index contributed by atoms with van der Waals surface area (Å²) in [7, 11) is 0. The van der Waals surface area contributed by atoms with Gasteiger partial charge in [0.25, 0.3) is 5.56 Å². The van der Waals surface area contributed by atoms with Crippen molar-refractivity contribution < 1.29 is 13.5 Å². The molecule has 0 bridgehead atoms. The van der Waals surface area contributed by atoms with Gasteiger partial charge >= 0.3 is 0 Å². The van der Waals surface area contributed by atoms with E-state index in [-0.39, 0.29) is 34.0 Å². The molecular weight excluding hydrogens is 570 g/mol. The smallest absolute Gasteiger partial charge is 0.265 e. The Hall–Kier alpha value is -4.35. The molecule has 2 N–H and O–H groups in total. The average molecular weight is 591 g/mol. The van der Waals surface area contributed by atoms with Crippen LogP contribution in [0.1, 0.15) is 31.4 Å². The molecule has 41 heavy (non-hydrogen) atoms. The standard InChI is InChI=1S/C29H21ClF2N6O2S/c1-14(18-11-23-37(22(30)12-41-23)29(39)24(18)17-4-2-3-5-19(17)31)38-28-25(27(33)34-13-35-28)26(36-38)15-6-9-21(20(32)10-15)40-16-7-8-16/h2-6,9-14,16H,7-8H2,1H3,(H2,33,34,35)/t14-/m0/s1. The zero-order valence-corrected chi connectivity index (χ0v) is 23.1. The highest BCUT2D eigenvalue weighted by atomic mass is 35.5. The molecule has 0 aliphatic heterocycles. The maximum atomic E-state index is 15.1. The fourth-order valence-corrected chi connectivity index (χ4v) is 6.19. The van der Waals surface area contributed by atoms with Crippen LogP contribution < -0.4 is 16.0 Å². The van der Waals surface area contributed by atoms with Crippen molar-refractivity contribution in [1.29, 1.82) is 0 Å². The van der Waals surface area contributed by atoms with Gasteiger partial charge < -0.3 is 10.5 Å². The molecule has 0 spiro atoms. The summed E-state index contributed by atoms with van der Waals surface area (Å²) in [5, 5.41) is 7.13. The van der Waals surface area contributed by atoms with Gasteiger partial charge in [-0.25, -0.2) is 23.4 Å². The van der Waals surface area contributed by atoms with E-state index in [1.54, 1.807) is 46.5 Å². The molecule has 7 rings (SSSR count). The third-order valence-corrected chi connectivity index (χ3v) is 8.49. The predicted molar refractivity (Wildman–Crippen MR) is 155 cm³/mol. The summed E-state index contributed by atoms with van der Waals surface area (Å²) >= 11 is 7.63. The summed E-state index contributed by atoms with van der Waals surface area (Å²) in [5.74, 6) is -0.728. The van der Waals surface area contributed by atoms with Gasteiger partial charge in [0.1, 0.15) is 33.6 Å². The Morgan fingerprint density at radius 1 is 1.12 bits per heavy atom. The van der Waals surface area contributed by atoms with Crippen LogP contribution in [0.4, 0.5) is 14.6 Å². The highest BCUT2D eigenvalue weighted by Crippen LogP contribution is 2.38. The lowest BCUT2D eigenvalue weighted by molar-refractivity contribution is 0.287. The average Bonchev–Trinajstić information content (AvgIpc) is 3.57. The third kappa shape index (κ3) is 4.23. The minimum atomic E-state index is -0.629.